The van der Waals surface area contributed by atoms with E-state index < -0.39 is 12.1 Å². The van der Waals surface area contributed by atoms with Crippen LogP contribution in [-0.2, 0) is 4.79 Å². The Hall–Kier alpha value is -2.89. The van der Waals surface area contributed by atoms with Crippen LogP contribution in [0.4, 0.5) is 0 Å². The molecule has 0 radical (unpaired) electrons. The lowest BCUT2D eigenvalue weighted by atomic mass is 10.2. The Balaban J connectivity index is 1.96. The number of hydrogen-bond donors (Lipinski definition) is 2. The molecule has 1 atom stereocenters. The summed E-state index contributed by atoms with van der Waals surface area (Å²) in [7, 11) is 0. The summed E-state index contributed by atoms with van der Waals surface area (Å²) < 4.78 is 5.51. The maximum Gasteiger partial charge on any atom is 0.351 e. The molecule has 100 valence electrons. The van der Waals surface area contributed by atoms with Crippen molar-refractivity contribution in [1.29, 1.82) is 0 Å². The molecule has 6 heteroatoms. The normalized spacial score (nSPS) is 12.2. The van der Waals surface area contributed by atoms with Gasteiger partial charge in [-0.25, -0.2) is 14.8 Å². The molecule has 0 aliphatic carbocycles. The third kappa shape index (κ3) is 2.31. The summed E-state index contributed by atoms with van der Waals surface area (Å²) in [5.74, 6) is -0.585. The number of aromatic amines is 1. The molecule has 2 heterocycles. The monoisotopic (exact) mass is 269 g/mol. The first-order valence-electron chi connectivity index (χ1n) is 5.97. The first-order chi connectivity index (χ1) is 9.74. The van der Waals surface area contributed by atoms with Gasteiger partial charge in [-0.1, -0.05) is 18.2 Å². The van der Waals surface area contributed by atoms with Crippen LogP contribution in [0.1, 0.15) is 11.8 Å². The molecule has 0 saturated carbocycles. The maximum absolute atomic E-state index is 11.4. The van der Waals surface area contributed by atoms with Gasteiger partial charge in [0.25, 0.3) is 0 Å². The van der Waals surface area contributed by atoms with Gasteiger partial charge in [0.15, 0.2) is 0 Å². The third-order valence-corrected chi connectivity index (χ3v) is 2.82. The molecule has 0 aliphatic rings. The fraction of sp³-hybridized carbons (Fsp3) is 0.0714. The van der Waals surface area contributed by atoms with Crippen LogP contribution in [0.25, 0.3) is 11.0 Å². The summed E-state index contributed by atoms with van der Waals surface area (Å²) >= 11 is 0. The number of carboxylic acids is 1. The van der Waals surface area contributed by atoms with Crippen LogP contribution in [0.5, 0.6) is 5.75 Å². The van der Waals surface area contributed by atoms with E-state index >= 15 is 0 Å². The van der Waals surface area contributed by atoms with Crippen LogP contribution in [0.15, 0.2) is 48.9 Å². The second kappa shape index (κ2) is 5.00. The Kier molecular flexibility index (Phi) is 3.04. The minimum Gasteiger partial charge on any atom is -0.478 e. The Morgan fingerprint density at radius 3 is 2.80 bits per heavy atom. The number of para-hydroxylation sites is 1. The smallest absolute Gasteiger partial charge is 0.351 e. The highest BCUT2D eigenvalue weighted by Gasteiger charge is 2.24. The lowest BCUT2D eigenvalue weighted by Crippen LogP contribution is -2.18. The Morgan fingerprint density at radius 1 is 1.30 bits per heavy atom. The number of nitrogens with one attached hydrogen (secondary N) is 1. The van der Waals surface area contributed by atoms with Crippen molar-refractivity contribution < 1.29 is 14.6 Å². The van der Waals surface area contributed by atoms with Crippen LogP contribution < -0.4 is 4.74 Å². The number of hydrogen-bond acceptors (Lipinski definition) is 4. The zero-order valence-electron chi connectivity index (χ0n) is 10.4. The van der Waals surface area contributed by atoms with E-state index in [4.69, 9.17) is 4.74 Å². The highest BCUT2D eigenvalue weighted by molar-refractivity contribution is 5.80. The summed E-state index contributed by atoms with van der Waals surface area (Å²) in [6, 6.07) is 10.5. The summed E-state index contributed by atoms with van der Waals surface area (Å²) in [6.07, 6.45) is 1.90. The Bertz CT molecular complexity index is 707. The molecule has 20 heavy (non-hydrogen) atoms. The van der Waals surface area contributed by atoms with Gasteiger partial charge in [0.2, 0.25) is 6.10 Å². The van der Waals surface area contributed by atoms with Crippen LogP contribution in [0.3, 0.4) is 0 Å². The molecular formula is C14H11N3O3. The molecule has 0 spiro atoms. The van der Waals surface area contributed by atoms with Gasteiger partial charge in [-0.2, -0.15) is 0 Å². The quantitative estimate of drug-likeness (QED) is 0.757. The lowest BCUT2D eigenvalue weighted by Gasteiger charge is -2.13. The van der Waals surface area contributed by atoms with Crippen molar-refractivity contribution in [1.82, 2.24) is 15.0 Å². The average molecular weight is 269 g/mol. The van der Waals surface area contributed by atoms with Crippen molar-refractivity contribution in [3.63, 3.8) is 0 Å². The van der Waals surface area contributed by atoms with Gasteiger partial charge in [0.1, 0.15) is 17.7 Å². The van der Waals surface area contributed by atoms with Gasteiger partial charge >= 0.3 is 5.97 Å². The van der Waals surface area contributed by atoms with Gasteiger partial charge in [-0.05, 0) is 18.2 Å². The fourth-order valence-corrected chi connectivity index (χ4v) is 1.91. The molecule has 1 unspecified atom stereocenters. The standard InChI is InChI=1S/C14H11N3O3/c18-14(19)12(20-10-4-2-1-3-5-10)11-6-9-7-15-8-16-13(9)17-11/h1-8,12H,(H,18,19)(H,15,16,17). The van der Waals surface area contributed by atoms with Gasteiger partial charge in [0.05, 0.1) is 5.69 Å². The molecule has 2 aromatic heterocycles. The van der Waals surface area contributed by atoms with Crippen molar-refractivity contribution in [3.8, 4) is 5.75 Å². The van der Waals surface area contributed by atoms with Crippen LogP contribution in [0.2, 0.25) is 0 Å². The number of H-pyrrole nitrogens is 1. The largest absolute Gasteiger partial charge is 0.478 e. The SMILES string of the molecule is O=C(O)C(Oc1ccccc1)c1cc2cncnc2[nH]1. The molecule has 1 aromatic carbocycles. The summed E-state index contributed by atoms with van der Waals surface area (Å²) in [4.78, 5) is 22.3. The molecular weight excluding hydrogens is 258 g/mol. The second-order valence-corrected chi connectivity index (χ2v) is 4.20. The maximum atomic E-state index is 11.4. The first kappa shape index (κ1) is 12.2. The number of carbonyl (C=O) groups is 1. The van der Waals surface area contributed by atoms with E-state index in [0.717, 1.165) is 5.39 Å². The average Bonchev–Trinajstić information content (AvgIpc) is 2.89. The van der Waals surface area contributed by atoms with Gasteiger partial charge < -0.3 is 14.8 Å². The summed E-state index contributed by atoms with van der Waals surface area (Å²) in [5.41, 5.74) is 1.01. The number of carboxylic acid groups (broad SMARTS) is 1. The van der Waals surface area contributed by atoms with Crippen LogP contribution in [0, 0.1) is 0 Å². The number of nitrogens with zero attached hydrogens (tertiary/aromatic N) is 2. The minimum absolute atomic E-state index is 0.428. The third-order valence-electron chi connectivity index (χ3n) is 2.82. The van der Waals surface area contributed by atoms with Crippen molar-refractivity contribution >= 4 is 17.0 Å². The highest BCUT2D eigenvalue weighted by Crippen LogP contribution is 2.24. The van der Waals surface area contributed by atoms with E-state index in [9.17, 15) is 9.90 Å². The summed E-state index contributed by atoms with van der Waals surface area (Å²) in [6.45, 7) is 0. The number of ether oxygens (including phenoxy) is 1. The number of aromatic nitrogens is 3. The van der Waals surface area contributed by atoms with Crippen molar-refractivity contribution in [2.24, 2.45) is 0 Å². The van der Waals surface area contributed by atoms with E-state index in [0.29, 0.717) is 17.1 Å². The van der Waals surface area contributed by atoms with Crippen LogP contribution in [-0.4, -0.2) is 26.0 Å². The van der Waals surface area contributed by atoms with Gasteiger partial charge in [-0.15, -0.1) is 0 Å². The van der Waals surface area contributed by atoms with Crippen LogP contribution >= 0.6 is 0 Å². The predicted molar refractivity (Wildman–Crippen MR) is 71.3 cm³/mol. The molecule has 0 amide bonds. The molecule has 3 rings (SSSR count). The topological polar surface area (TPSA) is 88.1 Å². The number of aliphatic carboxylic acids is 1. The van der Waals surface area contributed by atoms with Gasteiger partial charge in [0, 0.05) is 11.6 Å². The zero-order valence-corrected chi connectivity index (χ0v) is 10.4. The molecule has 3 aromatic rings. The predicted octanol–water partition coefficient (Wildman–Crippen LogP) is 2.16. The van der Waals surface area contributed by atoms with Crippen molar-refractivity contribution in [2.75, 3.05) is 0 Å². The Morgan fingerprint density at radius 2 is 2.10 bits per heavy atom. The number of rotatable bonds is 4. The fourth-order valence-electron chi connectivity index (χ4n) is 1.91. The van der Waals surface area contributed by atoms with Gasteiger partial charge in [-0.3, -0.25) is 0 Å². The second-order valence-electron chi connectivity index (χ2n) is 4.20. The first-order valence-corrected chi connectivity index (χ1v) is 5.97. The van der Waals surface area contributed by atoms with E-state index in [1.807, 2.05) is 6.07 Å². The van der Waals surface area contributed by atoms with E-state index in [2.05, 4.69) is 15.0 Å². The van der Waals surface area contributed by atoms with E-state index in [-0.39, 0.29) is 0 Å². The highest BCUT2D eigenvalue weighted by atomic mass is 16.5. The molecule has 6 nitrogen and oxygen atoms in total. The molecule has 0 fully saturated rings. The molecule has 2 N–H and O–H groups in total. The molecule has 0 bridgehead atoms. The van der Waals surface area contributed by atoms with Crippen molar-refractivity contribution in [2.45, 2.75) is 6.10 Å². The summed E-state index contributed by atoms with van der Waals surface area (Å²) in [5, 5.41) is 10.1. The number of benzene rings is 1. The molecule has 0 saturated heterocycles. The van der Waals surface area contributed by atoms with Crippen molar-refractivity contribution in [3.05, 3.63) is 54.6 Å². The van der Waals surface area contributed by atoms with E-state index in [1.54, 1.807) is 36.5 Å². The number of fused-ring (bicyclic) bond motifs is 1. The van der Waals surface area contributed by atoms with E-state index in [1.165, 1.54) is 6.33 Å². The zero-order chi connectivity index (χ0) is 13.9. The lowest BCUT2D eigenvalue weighted by molar-refractivity contribution is -0.145. The minimum atomic E-state index is -1.12. The molecule has 0 aliphatic heterocycles. The Labute approximate surface area is 114 Å².